The molecule has 5 heteroatoms. The van der Waals surface area contributed by atoms with Crippen molar-refractivity contribution in [2.24, 2.45) is 0 Å². The summed E-state index contributed by atoms with van der Waals surface area (Å²) >= 11 is 9.61. The lowest BCUT2D eigenvalue weighted by Crippen LogP contribution is -2.35. The molecule has 0 spiro atoms. The molecule has 0 fully saturated rings. The first-order chi connectivity index (χ1) is 10.1. The summed E-state index contributed by atoms with van der Waals surface area (Å²) < 4.78 is 0.815. The summed E-state index contributed by atoms with van der Waals surface area (Å²) in [5, 5.41) is 4.06. The van der Waals surface area contributed by atoms with E-state index in [9.17, 15) is 4.79 Å². The molecule has 3 rings (SSSR count). The molecule has 2 aromatic rings. The standard InChI is InChI=1S/C16H14BrClN2O/c1-20-14-8-3-2-5-10(14)13(9-15(20)21)19-12-7-4-6-11(18)16(12)17/h2-8,13,19H,9H2,1H3. The lowest BCUT2D eigenvalue weighted by Gasteiger charge is -2.32. The quantitative estimate of drug-likeness (QED) is 0.842. The van der Waals surface area contributed by atoms with Gasteiger partial charge in [0.15, 0.2) is 0 Å². The van der Waals surface area contributed by atoms with Crippen molar-refractivity contribution in [2.75, 3.05) is 17.3 Å². The maximum absolute atomic E-state index is 12.2. The van der Waals surface area contributed by atoms with Gasteiger partial charge in [0.1, 0.15) is 0 Å². The molecule has 1 N–H and O–H groups in total. The lowest BCUT2D eigenvalue weighted by atomic mass is 9.96. The Morgan fingerprint density at radius 1 is 1.24 bits per heavy atom. The minimum Gasteiger partial charge on any atom is -0.377 e. The molecule has 0 bridgehead atoms. The molecule has 1 amide bonds. The van der Waals surface area contributed by atoms with Gasteiger partial charge in [-0.3, -0.25) is 4.79 Å². The Bertz CT molecular complexity index is 704. The Labute approximate surface area is 137 Å². The van der Waals surface area contributed by atoms with Crippen LogP contribution in [0.1, 0.15) is 18.0 Å². The smallest absolute Gasteiger partial charge is 0.229 e. The monoisotopic (exact) mass is 364 g/mol. The Hall–Kier alpha value is -1.52. The van der Waals surface area contributed by atoms with Crippen LogP contribution in [0.2, 0.25) is 5.02 Å². The van der Waals surface area contributed by atoms with E-state index in [-0.39, 0.29) is 11.9 Å². The van der Waals surface area contributed by atoms with E-state index >= 15 is 0 Å². The number of anilines is 2. The molecule has 108 valence electrons. The fraction of sp³-hybridized carbons (Fsp3) is 0.188. The van der Waals surface area contributed by atoms with E-state index in [2.05, 4.69) is 21.2 Å². The van der Waals surface area contributed by atoms with Crippen molar-refractivity contribution in [3.05, 3.63) is 57.5 Å². The van der Waals surface area contributed by atoms with Gasteiger partial charge < -0.3 is 10.2 Å². The van der Waals surface area contributed by atoms with Gasteiger partial charge in [0, 0.05) is 12.7 Å². The molecule has 0 aliphatic carbocycles. The van der Waals surface area contributed by atoms with Crippen molar-refractivity contribution in [1.82, 2.24) is 0 Å². The van der Waals surface area contributed by atoms with Crippen LogP contribution >= 0.6 is 27.5 Å². The second-order valence-electron chi connectivity index (χ2n) is 5.01. The fourth-order valence-electron chi connectivity index (χ4n) is 2.58. The highest BCUT2D eigenvalue weighted by atomic mass is 79.9. The zero-order valence-corrected chi connectivity index (χ0v) is 13.8. The normalized spacial score (nSPS) is 17.6. The van der Waals surface area contributed by atoms with Crippen LogP contribution in [-0.4, -0.2) is 13.0 Å². The molecule has 1 aliphatic rings. The van der Waals surface area contributed by atoms with Gasteiger partial charge in [0.25, 0.3) is 0 Å². The van der Waals surface area contributed by atoms with Gasteiger partial charge in [-0.25, -0.2) is 0 Å². The van der Waals surface area contributed by atoms with Crippen molar-refractivity contribution in [3.8, 4) is 0 Å². The Balaban J connectivity index is 1.98. The number of carbonyl (C=O) groups excluding carboxylic acids is 1. The zero-order valence-electron chi connectivity index (χ0n) is 11.4. The highest BCUT2D eigenvalue weighted by molar-refractivity contribution is 9.10. The van der Waals surface area contributed by atoms with Crippen LogP contribution in [-0.2, 0) is 4.79 Å². The first kappa shape index (κ1) is 14.4. The number of hydrogen-bond acceptors (Lipinski definition) is 2. The number of hydrogen-bond donors (Lipinski definition) is 1. The minimum atomic E-state index is -0.0559. The third kappa shape index (κ3) is 2.65. The molecule has 0 saturated heterocycles. The highest BCUT2D eigenvalue weighted by Gasteiger charge is 2.29. The molecular formula is C16H14BrClN2O. The van der Waals surface area contributed by atoms with Crippen LogP contribution in [0.15, 0.2) is 46.9 Å². The largest absolute Gasteiger partial charge is 0.377 e. The van der Waals surface area contributed by atoms with Crippen molar-refractivity contribution in [3.63, 3.8) is 0 Å². The summed E-state index contributed by atoms with van der Waals surface area (Å²) in [6.07, 6.45) is 0.423. The topological polar surface area (TPSA) is 32.3 Å². The van der Waals surface area contributed by atoms with Crippen LogP contribution in [0.4, 0.5) is 11.4 Å². The first-order valence-electron chi connectivity index (χ1n) is 6.64. The van der Waals surface area contributed by atoms with Crippen LogP contribution in [0.25, 0.3) is 0 Å². The second kappa shape index (κ2) is 5.70. The summed E-state index contributed by atoms with van der Waals surface area (Å²) in [6, 6.07) is 13.6. The van der Waals surface area contributed by atoms with Crippen LogP contribution < -0.4 is 10.2 Å². The maximum atomic E-state index is 12.2. The number of fused-ring (bicyclic) bond motifs is 1. The average Bonchev–Trinajstić information content (AvgIpc) is 2.49. The molecule has 1 heterocycles. The molecule has 0 radical (unpaired) electrons. The predicted molar refractivity (Wildman–Crippen MR) is 90.0 cm³/mol. The number of amides is 1. The molecule has 0 saturated carbocycles. The zero-order chi connectivity index (χ0) is 15.0. The van der Waals surface area contributed by atoms with Gasteiger partial charge in [-0.15, -0.1) is 0 Å². The third-order valence-corrected chi connectivity index (χ3v) is 5.11. The van der Waals surface area contributed by atoms with E-state index in [0.29, 0.717) is 11.4 Å². The number of carbonyl (C=O) groups is 1. The van der Waals surface area contributed by atoms with E-state index in [1.54, 1.807) is 4.90 Å². The third-order valence-electron chi connectivity index (χ3n) is 3.71. The maximum Gasteiger partial charge on any atom is 0.229 e. The summed E-state index contributed by atoms with van der Waals surface area (Å²) in [6.45, 7) is 0. The number of benzene rings is 2. The second-order valence-corrected chi connectivity index (χ2v) is 6.21. The van der Waals surface area contributed by atoms with Crippen molar-refractivity contribution >= 4 is 44.8 Å². The molecular weight excluding hydrogens is 352 g/mol. The number of nitrogens with one attached hydrogen (secondary N) is 1. The van der Waals surface area contributed by atoms with Crippen molar-refractivity contribution in [2.45, 2.75) is 12.5 Å². The fourth-order valence-corrected chi connectivity index (χ4v) is 3.13. The average molecular weight is 366 g/mol. The van der Waals surface area contributed by atoms with E-state index in [4.69, 9.17) is 11.6 Å². The number of rotatable bonds is 2. The predicted octanol–water partition coefficient (Wildman–Crippen LogP) is 4.62. The lowest BCUT2D eigenvalue weighted by molar-refractivity contribution is -0.118. The summed E-state index contributed by atoms with van der Waals surface area (Å²) in [4.78, 5) is 13.9. The van der Waals surface area contributed by atoms with Crippen LogP contribution in [0.3, 0.4) is 0 Å². The van der Waals surface area contributed by atoms with Gasteiger partial charge in [0.2, 0.25) is 5.91 Å². The van der Waals surface area contributed by atoms with Gasteiger partial charge in [-0.1, -0.05) is 35.9 Å². The summed E-state index contributed by atoms with van der Waals surface area (Å²) in [7, 11) is 1.81. The molecule has 0 aromatic heterocycles. The SMILES string of the molecule is CN1C(=O)CC(Nc2cccc(Cl)c2Br)c2ccccc21. The molecule has 1 aliphatic heterocycles. The Morgan fingerprint density at radius 3 is 2.81 bits per heavy atom. The van der Waals surface area contributed by atoms with Gasteiger partial charge in [-0.05, 0) is 39.7 Å². The van der Waals surface area contributed by atoms with Gasteiger partial charge in [-0.2, -0.15) is 0 Å². The number of para-hydroxylation sites is 1. The van der Waals surface area contributed by atoms with Crippen molar-refractivity contribution < 1.29 is 4.79 Å². The van der Waals surface area contributed by atoms with Gasteiger partial charge >= 0.3 is 0 Å². The Kier molecular flexibility index (Phi) is 3.91. The summed E-state index contributed by atoms with van der Waals surface area (Å²) in [5.41, 5.74) is 2.95. The van der Waals surface area contributed by atoms with Crippen LogP contribution in [0.5, 0.6) is 0 Å². The molecule has 21 heavy (non-hydrogen) atoms. The molecule has 2 aromatic carbocycles. The van der Waals surface area contributed by atoms with Gasteiger partial charge in [0.05, 0.1) is 27.6 Å². The van der Waals surface area contributed by atoms with Crippen LogP contribution in [0, 0.1) is 0 Å². The van der Waals surface area contributed by atoms with E-state index in [1.807, 2.05) is 49.5 Å². The van der Waals surface area contributed by atoms with E-state index in [1.165, 1.54) is 0 Å². The molecule has 1 unspecified atom stereocenters. The molecule has 3 nitrogen and oxygen atoms in total. The number of halogens is 2. The minimum absolute atomic E-state index is 0.0559. The number of nitrogens with zero attached hydrogens (tertiary/aromatic N) is 1. The molecule has 1 atom stereocenters. The Morgan fingerprint density at radius 2 is 2.00 bits per heavy atom. The van der Waals surface area contributed by atoms with E-state index in [0.717, 1.165) is 21.4 Å². The summed E-state index contributed by atoms with van der Waals surface area (Å²) in [5.74, 6) is 0.101. The first-order valence-corrected chi connectivity index (χ1v) is 7.81. The van der Waals surface area contributed by atoms with Crippen molar-refractivity contribution in [1.29, 1.82) is 0 Å². The van der Waals surface area contributed by atoms with E-state index < -0.39 is 0 Å². The highest BCUT2D eigenvalue weighted by Crippen LogP contribution is 2.38.